The van der Waals surface area contributed by atoms with Gasteiger partial charge in [0.15, 0.2) is 0 Å². The highest BCUT2D eigenvalue weighted by Gasteiger charge is 2.35. The minimum atomic E-state index is 0.181. The van der Waals surface area contributed by atoms with E-state index in [1.807, 2.05) is 24.3 Å². The first-order chi connectivity index (χ1) is 16.7. The third-order valence-electron chi connectivity index (χ3n) is 7.16. The van der Waals surface area contributed by atoms with Crippen molar-refractivity contribution in [2.45, 2.75) is 37.8 Å². The molecule has 1 aliphatic carbocycles. The van der Waals surface area contributed by atoms with E-state index in [1.54, 1.807) is 19.4 Å². The highest BCUT2D eigenvalue weighted by molar-refractivity contribution is 5.76. The number of rotatable bonds is 4. The van der Waals surface area contributed by atoms with Crippen LogP contribution in [0, 0.1) is 5.92 Å². The second-order valence-electron chi connectivity index (χ2n) is 9.39. The van der Waals surface area contributed by atoms with Crippen molar-refractivity contribution in [2.75, 3.05) is 20.3 Å². The summed E-state index contributed by atoms with van der Waals surface area (Å²) in [6.45, 7) is 1.58. The molecule has 0 spiro atoms. The molecule has 2 bridgehead atoms. The van der Waals surface area contributed by atoms with Gasteiger partial charge in [-0.2, -0.15) is 0 Å². The fraction of sp³-hybridized carbons (Fsp3) is 0.370. The summed E-state index contributed by atoms with van der Waals surface area (Å²) in [6, 6.07) is 12.3. The van der Waals surface area contributed by atoms with Crippen LogP contribution in [0.3, 0.4) is 0 Å². The van der Waals surface area contributed by atoms with Gasteiger partial charge in [-0.05, 0) is 78.1 Å². The van der Waals surface area contributed by atoms with E-state index in [9.17, 15) is 5.11 Å². The third-order valence-corrected chi connectivity index (χ3v) is 7.16. The van der Waals surface area contributed by atoms with E-state index in [1.165, 1.54) is 11.1 Å². The molecule has 34 heavy (non-hydrogen) atoms. The Balaban J connectivity index is 1.28. The number of aryl methyl sites for hydroxylation is 1. The highest BCUT2D eigenvalue weighted by Crippen LogP contribution is 2.40. The van der Waals surface area contributed by atoms with Gasteiger partial charge in [0, 0.05) is 29.9 Å². The molecule has 2 N–H and O–H groups in total. The molecule has 7 heteroatoms. The zero-order valence-corrected chi connectivity index (χ0v) is 19.2. The van der Waals surface area contributed by atoms with Gasteiger partial charge in [0.1, 0.15) is 5.75 Å². The molecule has 2 aliphatic heterocycles. The molecular formula is C27H28N4O3. The monoisotopic (exact) mass is 456 g/mol. The molecule has 3 aromatic rings. The smallest absolute Gasteiger partial charge is 0.213 e. The molecule has 174 valence electrons. The van der Waals surface area contributed by atoms with E-state index in [2.05, 4.69) is 32.6 Å². The largest absolute Gasteiger partial charge is 0.507 e. The first-order valence-electron chi connectivity index (χ1n) is 11.9. The number of hydrogen-bond donors (Lipinski definition) is 2. The maximum atomic E-state index is 10.8. The summed E-state index contributed by atoms with van der Waals surface area (Å²) in [5, 5.41) is 23.8. The number of ether oxygens (including phenoxy) is 2. The van der Waals surface area contributed by atoms with Gasteiger partial charge in [-0.1, -0.05) is 12.1 Å². The van der Waals surface area contributed by atoms with Crippen LogP contribution < -0.4 is 10.1 Å². The molecular weight excluding hydrogens is 428 g/mol. The minimum absolute atomic E-state index is 0.181. The third kappa shape index (κ3) is 3.95. The predicted octanol–water partition coefficient (Wildman–Crippen LogP) is 4.02. The van der Waals surface area contributed by atoms with Crippen LogP contribution in [0.5, 0.6) is 11.6 Å². The molecule has 2 saturated heterocycles. The van der Waals surface area contributed by atoms with Crippen LogP contribution in [0.1, 0.15) is 30.5 Å². The summed E-state index contributed by atoms with van der Waals surface area (Å²) in [4.78, 5) is 4.15. The molecule has 6 rings (SSSR count). The van der Waals surface area contributed by atoms with Crippen molar-refractivity contribution in [1.82, 2.24) is 20.5 Å². The fourth-order valence-corrected chi connectivity index (χ4v) is 5.56. The van der Waals surface area contributed by atoms with E-state index in [4.69, 9.17) is 9.47 Å². The van der Waals surface area contributed by atoms with E-state index in [0.717, 1.165) is 55.7 Å². The number of nitrogens with one attached hydrogen (secondary N) is 1. The Morgan fingerprint density at radius 3 is 2.65 bits per heavy atom. The number of nitrogens with zero attached hydrogens (tertiary/aromatic N) is 3. The van der Waals surface area contributed by atoms with E-state index < -0.39 is 0 Å². The van der Waals surface area contributed by atoms with Crippen molar-refractivity contribution < 1.29 is 14.6 Å². The van der Waals surface area contributed by atoms with Crippen LogP contribution in [-0.4, -0.2) is 52.7 Å². The topological polar surface area (TPSA) is 89.4 Å². The Bertz CT molecular complexity index is 1250. The van der Waals surface area contributed by atoms with Crippen LogP contribution >= 0.6 is 0 Å². The summed E-state index contributed by atoms with van der Waals surface area (Å²) < 4.78 is 10.9. The molecule has 2 fully saturated rings. The molecule has 1 aromatic carbocycles. The van der Waals surface area contributed by atoms with Crippen molar-refractivity contribution in [3.63, 3.8) is 0 Å². The van der Waals surface area contributed by atoms with Crippen LogP contribution in [0.4, 0.5) is 0 Å². The number of phenols is 1. The molecule has 3 aliphatic rings. The summed E-state index contributed by atoms with van der Waals surface area (Å²) in [7, 11) is 1.59. The molecule has 4 heterocycles. The van der Waals surface area contributed by atoms with Crippen molar-refractivity contribution >= 4 is 5.57 Å². The van der Waals surface area contributed by atoms with Gasteiger partial charge in [0.25, 0.3) is 0 Å². The molecule has 2 atom stereocenters. The van der Waals surface area contributed by atoms with Crippen molar-refractivity contribution in [3.05, 3.63) is 59.9 Å². The Morgan fingerprint density at radius 2 is 1.85 bits per heavy atom. The van der Waals surface area contributed by atoms with E-state index in [0.29, 0.717) is 35.1 Å². The highest BCUT2D eigenvalue weighted by atomic mass is 16.5. The van der Waals surface area contributed by atoms with Gasteiger partial charge < -0.3 is 19.9 Å². The quantitative estimate of drug-likeness (QED) is 0.613. The lowest BCUT2D eigenvalue weighted by Gasteiger charge is -2.41. The number of methoxy groups -OCH3 is 1. The first-order valence-corrected chi connectivity index (χ1v) is 11.9. The van der Waals surface area contributed by atoms with Crippen molar-refractivity contribution in [2.24, 2.45) is 5.92 Å². The Labute approximate surface area is 198 Å². The SMILES string of the molecule is COc1cc(-c2ccc(-c3cc4c(nn3)C(C3CC5COCC(C3)N5)=CCC4)c(O)c2)ccn1. The van der Waals surface area contributed by atoms with Gasteiger partial charge >= 0.3 is 0 Å². The fourth-order valence-electron chi connectivity index (χ4n) is 5.56. The lowest BCUT2D eigenvalue weighted by atomic mass is 9.77. The number of aromatic nitrogens is 3. The van der Waals surface area contributed by atoms with Crippen LogP contribution in [0.2, 0.25) is 0 Å². The second-order valence-corrected chi connectivity index (χ2v) is 9.39. The lowest BCUT2D eigenvalue weighted by molar-refractivity contribution is 0.0154. The molecule has 2 unspecified atom stereocenters. The number of phenolic OH excluding ortho intramolecular Hbond substituents is 1. The lowest BCUT2D eigenvalue weighted by Crippen LogP contribution is -2.54. The Kier molecular flexibility index (Phi) is 5.51. The average Bonchev–Trinajstić information content (AvgIpc) is 2.87. The second kappa shape index (κ2) is 8.81. The minimum Gasteiger partial charge on any atom is -0.507 e. The van der Waals surface area contributed by atoms with Crippen LogP contribution in [-0.2, 0) is 11.2 Å². The number of morpholine rings is 1. The summed E-state index contributed by atoms with van der Waals surface area (Å²) in [5.74, 6) is 1.21. The average molecular weight is 457 g/mol. The van der Waals surface area contributed by atoms with Crippen molar-refractivity contribution in [3.8, 4) is 34.0 Å². The van der Waals surface area contributed by atoms with E-state index in [-0.39, 0.29) is 5.75 Å². The maximum absolute atomic E-state index is 10.8. The van der Waals surface area contributed by atoms with Gasteiger partial charge in [0.05, 0.1) is 31.7 Å². The molecule has 0 amide bonds. The maximum Gasteiger partial charge on any atom is 0.213 e. The number of piperidine rings is 1. The normalized spacial score (nSPS) is 23.7. The predicted molar refractivity (Wildman–Crippen MR) is 129 cm³/mol. The van der Waals surface area contributed by atoms with Gasteiger partial charge in [-0.25, -0.2) is 4.98 Å². The summed E-state index contributed by atoms with van der Waals surface area (Å²) >= 11 is 0. The van der Waals surface area contributed by atoms with Crippen LogP contribution in [0.25, 0.3) is 28.0 Å². The number of aromatic hydroxyl groups is 1. The Morgan fingerprint density at radius 1 is 1.03 bits per heavy atom. The zero-order chi connectivity index (χ0) is 23.1. The Hall–Kier alpha value is -3.29. The van der Waals surface area contributed by atoms with Gasteiger partial charge in [-0.3, -0.25) is 0 Å². The molecule has 7 nitrogen and oxygen atoms in total. The van der Waals surface area contributed by atoms with E-state index >= 15 is 0 Å². The molecule has 2 aromatic heterocycles. The van der Waals surface area contributed by atoms with Crippen molar-refractivity contribution in [1.29, 1.82) is 0 Å². The summed E-state index contributed by atoms with van der Waals surface area (Å²) in [6.07, 6.45) is 8.16. The van der Waals surface area contributed by atoms with Gasteiger partial charge in [-0.15, -0.1) is 10.2 Å². The number of allylic oxidation sites excluding steroid dienone is 2. The number of pyridine rings is 1. The molecule has 0 radical (unpaired) electrons. The first kappa shape index (κ1) is 21.3. The van der Waals surface area contributed by atoms with Gasteiger partial charge in [0.2, 0.25) is 5.88 Å². The number of fused-ring (bicyclic) bond motifs is 3. The molecule has 0 saturated carbocycles. The van der Waals surface area contributed by atoms with Crippen LogP contribution in [0.15, 0.2) is 48.7 Å². The standard InChI is InChI=1S/C27H28N4O3/c1-33-26-13-17(7-8-28-26)16-5-6-23(25(32)12-16)24-11-18-3-2-4-22(27(18)31-30-24)19-9-20-14-34-15-21(10-19)29-20/h4-8,11-13,19-21,29,32H,2-3,9-10,14-15H2,1H3. The number of benzene rings is 1. The zero-order valence-electron chi connectivity index (χ0n) is 19.2. The number of hydrogen-bond acceptors (Lipinski definition) is 7. The summed E-state index contributed by atoms with van der Waals surface area (Å²) in [5.41, 5.74) is 6.78.